The highest BCUT2D eigenvalue weighted by atomic mass is 16.5. The Kier molecular flexibility index (Phi) is 4.51. The Balaban J connectivity index is 3.43. The third-order valence-electron chi connectivity index (χ3n) is 2.96. The molecule has 0 N–H and O–H groups in total. The maximum Gasteiger partial charge on any atom is 0.173 e. The van der Waals surface area contributed by atoms with Crippen LogP contribution in [0.25, 0.3) is 0 Å². The molecule has 0 bridgehead atoms. The first-order valence-electron chi connectivity index (χ1n) is 6.38. The number of rotatable bonds is 4. The average molecular weight is 262 g/mol. The summed E-state index contributed by atoms with van der Waals surface area (Å²) in [4.78, 5) is 23.3. The van der Waals surface area contributed by atoms with Crippen molar-refractivity contribution >= 4 is 11.6 Å². The minimum absolute atomic E-state index is 0.0800. The second-order valence-corrected chi connectivity index (χ2v) is 5.95. The Bertz CT molecular complexity index is 507. The predicted molar refractivity (Wildman–Crippen MR) is 76.1 cm³/mol. The maximum atomic E-state index is 12.2. The van der Waals surface area contributed by atoms with Gasteiger partial charge in [0, 0.05) is 5.56 Å². The third kappa shape index (κ3) is 3.66. The summed E-state index contributed by atoms with van der Waals surface area (Å²) in [5.41, 5.74) is 2.37. The van der Waals surface area contributed by atoms with Gasteiger partial charge < -0.3 is 4.74 Å². The van der Waals surface area contributed by atoms with Crippen molar-refractivity contribution in [1.29, 1.82) is 0 Å². The van der Waals surface area contributed by atoms with Crippen LogP contribution in [0.1, 0.15) is 55.6 Å². The largest absolute Gasteiger partial charge is 0.496 e. The number of hydrogen-bond acceptors (Lipinski definition) is 3. The zero-order valence-corrected chi connectivity index (χ0v) is 12.6. The Morgan fingerprint density at radius 3 is 2.21 bits per heavy atom. The van der Waals surface area contributed by atoms with E-state index in [4.69, 9.17) is 4.74 Å². The van der Waals surface area contributed by atoms with E-state index in [2.05, 4.69) is 20.8 Å². The first-order chi connectivity index (χ1) is 8.66. The van der Waals surface area contributed by atoms with Crippen LogP contribution in [0.3, 0.4) is 0 Å². The highest BCUT2D eigenvalue weighted by molar-refractivity contribution is 6.09. The number of hydrogen-bond donors (Lipinski definition) is 0. The fraction of sp³-hybridized carbons (Fsp3) is 0.500. The van der Waals surface area contributed by atoms with Gasteiger partial charge in [0.05, 0.1) is 19.1 Å². The van der Waals surface area contributed by atoms with Gasteiger partial charge in [-0.15, -0.1) is 0 Å². The molecule has 0 aliphatic heterocycles. The van der Waals surface area contributed by atoms with E-state index < -0.39 is 0 Å². The van der Waals surface area contributed by atoms with Crippen molar-refractivity contribution < 1.29 is 14.3 Å². The fourth-order valence-electron chi connectivity index (χ4n) is 2.08. The van der Waals surface area contributed by atoms with Gasteiger partial charge in [0.1, 0.15) is 11.5 Å². The number of ketones is 2. The van der Waals surface area contributed by atoms with Gasteiger partial charge in [-0.05, 0) is 30.9 Å². The lowest BCUT2D eigenvalue weighted by molar-refractivity contribution is -0.116. The Morgan fingerprint density at radius 1 is 1.21 bits per heavy atom. The van der Waals surface area contributed by atoms with E-state index >= 15 is 0 Å². The van der Waals surface area contributed by atoms with E-state index in [0.717, 1.165) is 11.1 Å². The molecule has 3 heteroatoms. The lowest BCUT2D eigenvalue weighted by atomic mass is 9.83. The predicted octanol–water partition coefficient (Wildman–Crippen LogP) is 3.46. The summed E-state index contributed by atoms with van der Waals surface area (Å²) in [6, 6.07) is 3.82. The molecule has 0 saturated carbocycles. The third-order valence-corrected chi connectivity index (χ3v) is 2.96. The van der Waals surface area contributed by atoms with Crippen LogP contribution in [0.15, 0.2) is 12.1 Å². The molecule has 19 heavy (non-hydrogen) atoms. The summed E-state index contributed by atoms with van der Waals surface area (Å²) in [6.45, 7) is 9.58. The maximum absolute atomic E-state index is 12.2. The Morgan fingerprint density at radius 2 is 1.79 bits per heavy atom. The van der Waals surface area contributed by atoms with Crippen LogP contribution in [0.2, 0.25) is 0 Å². The zero-order valence-electron chi connectivity index (χ0n) is 12.6. The molecule has 0 aromatic heterocycles. The molecule has 0 unspecified atom stereocenters. The van der Waals surface area contributed by atoms with Gasteiger partial charge in [-0.25, -0.2) is 0 Å². The average Bonchev–Trinajstić information content (AvgIpc) is 2.25. The lowest BCUT2D eigenvalue weighted by Gasteiger charge is -2.24. The smallest absolute Gasteiger partial charge is 0.173 e. The van der Waals surface area contributed by atoms with Crippen molar-refractivity contribution in [2.45, 2.75) is 46.5 Å². The van der Waals surface area contributed by atoms with Crippen LogP contribution in [0, 0.1) is 6.92 Å². The number of benzene rings is 1. The van der Waals surface area contributed by atoms with E-state index in [1.807, 2.05) is 13.0 Å². The summed E-state index contributed by atoms with van der Waals surface area (Å²) in [6.07, 6.45) is -0.0800. The minimum atomic E-state index is -0.182. The fourth-order valence-corrected chi connectivity index (χ4v) is 2.08. The first kappa shape index (κ1) is 15.4. The van der Waals surface area contributed by atoms with E-state index in [-0.39, 0.29) is 23.4 Å². The van der Waals surface area contributed by atoms with Gasteiger partial charge >= 0.3 is 0 Å². The first-order valence-corrected chi connectivity index (χ1v) is 6.38. The Hall–Kier alpha value is -1.64. The topological polar surface area (TPSA) is 43.4 Å². The molecule has 0 aliphatic rings. The second-order valence-electron chi connectivity index (χ2n) is 5.95. The molecule has 0 heterocycles. The number of ether oxygens (including phenoxy) is 1. The quantitative estimate of drug-likeness (QED) is 0.616. The Labute approximate surface area is 115 Å². The number of methoxy groups -OCH3 is 1. The summed E-state index contributed by atoms with van der Waals surface area (Å²) in [7, 11) is 1.56. The highest BCUT2D eigenvalue weighted by Gasteiger charge is 2.24. The standard InChI is InChI=1S/C16H22O3/c1-10-7-12(14(18)9-11(2)17)15(19-6)13(8-10)16(3,4)5/h7-8H,9H2,1-6H3. The van der Waals surface area contributed by atoms with Crippen molar-refractivity contribution in [3.63, 3.8) is 0 Å². The number of carbonyl (C=O) groups excluding carboxylic acids is 2. The van der Waals surface area contributed by atoms with Gasteiger partial charge in [-0.3, -0.25) is 9.59 Å². The molecule has 0 atom stereocenters. The van der Waals surface area contributed by atoms with E-state index in [9.17, 15) is 9.59 Å². The van der Waals surface area contributed by atoms with Gasteiger partial charge in [0.25, 0.3) is 0 Å². The van der Waals surface area contributed by atoms with Crippen molar-refractivity contribution in [2.75, 3.05) is 7.11 Å². The molecule has 1 rings (SSSR count). The zero-order chi connectivity index (χ0) is 14.8. The lowest BCUT2D eigenvalue weighted by Crippen LogP contribution is -2.16. The van der Waals surface area contributed by atoms with Gasteiger partial charge in [-0.2, -0.15) is 0 Å². The summed E-state index contributed by atoms with van der Waals surface area (Å²) < 4.78 is 5.43. The molecule has 0 amide bonds. The minimum Gasteiger partial charge on any atom is -0.496 e. The van der Waals surface area contributed by atoms with E-state index in [1.54, 1.807) is 13.2 Å². The molecule has 0 spiro atoms. The summed E-state index contributed by atoms with van der Waals surface area (Å²) in [5, 5.41) is 0. The molecule has 0 aliphatic carbocycles. The van der Waals surface area contributed by atoms with E-state index in [0.29, 0.717) is 11.3 Å². The van der Waals surface area contributed by atoms with Crippen LogP contribution < -0.4 is 4.74 Å². The number of aryl methyl sites for hydroxylation is 1. The van der Waals surface area contributed by atoms with Crippen molar-refractivity contribution in [3.05, 3.63) is 28.8 Å². The van der Waals surface area contributed by atoms with Gasteiger partial charge in [-0.1, -0.05) is 26.8 Å². The van der Waals surface area contributed by atoms with Gasteiger partial charge in [0.2, 0.25) is 0 Å². The van der Waals surface area contributed by atoms with Crippen LogP contribution in [0.4, 0.5) is 0 Å². The van der Waals surface area contributed by atoms with Crippen molar-refractivity contribution in [3.8, 4) is 5.75 Å². The van der Waals surface area contributed by atoms with Crippen LogP contribution in [0.5, 0.6) is 5.75 Å². The molecular formula is C16H22O3. The number of Topliss-reactive ketones (excluding diaryl/α,β-unsaturated/α-hetero) is 2. The summed E-state index contributed by atoms with van der Waals surface area (Å²) >= 11 is 0. The van der Waals surface area contributed by atoms with Gasteiger partial charge in [0.15, 0.2) is 5.78 Å². The molecule has 3 nitrogen and oxygen atoms in total. The van der Waals surface area contributed by atoms with Crippen LogP contribution >= 0.6 is 0 Å². The monoisotopic (exact) mass is 262 g/mol. The molecule has 0 radical (unpaired) electrons. The van der Waals surface area contributed by atoms with Crippen LogP contribution in [-0.4, -0.2) is 18.7 Å². The summed E-state index contributed by atoms with van der Waals surface area (Å²) in [5.74, 6) is 0.272. The molecule has 1 aromatic rings. The molecule has 0 fully saturated rings. The van der Waals surface area contributed by atoms with Crippen LogP contribution in [-0.2, 0) is 10.2 Å². The van der Waals surface area contributed by atoms with Crippen molar-refractivity contribution in [2.24, 2.45) is 0 Å². The SMILES string of the molecule is COc1c(C(=O)CC(C)=O)cc(C)cc1C(C)(C)C. The molecular weight excluding hydrogens is 240 g/mol. The molecule has 104 valence electrons. The second kappa shape index (κ2) is 5.55. The van der Waals surface area contributed by atoms with E-state index in [1.165, 1.54) is 6.92 Å². The molecule has 1 aromatic carbocycles. The highest BCUT2D eigenvalue weighted by Crippen LogP contribution is 2.35. The number of carbonyl (C=O) groups is 2. The van der Waals surface area contributed by atoms with Crippen molar-refractivity contribution in [1.82, 2.24) is 0 Å². The normalized spacial score (nSPS) is 11.3. The molecule has 0 saturated heterocycles.